The second-order valence-electron chi connectivity index (χ2n) is 5.46. The summed E-state index contributed by atoms with van der Waals surface area (Å²) in [6, 6.07) is 9.77. The van der Waals surface area contributed by atoms with Gasteiger partial charge < -0.3 is 9.55 Å². The second kappa shape index (κ2) is 5.18. The molecule has 0 saturated carbocycles. The summed E-state index contributed by atoms with van der Waals surface area (Å²) in [7, 11) is -3.18. The van der Waals surface area contributed by atoms with Crippen molar-refractivity contribution in [2.45, 2.75) is 25.1 Å². The van der Waals surface area contributed by atoms with E-state index in [9.17, 15) is 8.42 Å². The summed E-state index contributed by atoms with van der Waals surface area (Å²) in [6.07, 6.45) is 3.07. The summed E-state index contributed by atoms with van der Waals surface area (Å²) in [5, 5.41) is 0. The van der Waals surface area contributed by atoms with Gasteiger partial charge in [0.1, 0.15) is 0 Å². The van der Waals surface area contributed by atoms with E-state index in [1.54, 1.807) is 13.8 Å². The highest BCUT2D eigenvalue weighted by Gasteiger charge is 2.31. The quantitative estimate of drug-likeness (QED) is 0.883. The highest BCUT2D eigenvalue weighted by atomic mass is 32.2. The first-order valence-corrected chi connectivity index (χ1v) is 8.55. The molecule has 2 aromatic rings. The van der Waals surface area contributed by atoms with Gasteiger partial charge in [-0.1, -0.05) is 30.3 Å². The van der Waals surface area contributed by atoms with Crippen LogP contribution in [0.2, 0.25) is 0 Å². The molecular formula is C14H18N2O2S2. The van der Waals surface area contributed by atoms with Gasteiger partial charge in [-0.05, 0) is 31.6 Å². The van der Waals surface area contributed by atoms with Crippen LogP contribution in [-0.4, -0.2) is 29.0 Å². The number of hydrogen-bond donors (Lipinski definition) is 1. The lowest BCUT2D eigenvalue weighted by molar-refractivity contribution is 0.502. The molecule has 0 radical (unpaired) electrons. The standard InChI is InChI=1S/C14H18N2O2S2/c1-14(2,20(3,17)18)10-16-12(9-15-13(16)19)11-7-5-4-6-8-11/h4-9H,10H2,1-3H3,(H,15,19). The van der Waals surface area contributed by atoms with E-state index in [2.05, 4.69) is 4.98 Å². The zero-order valence-electron chi connectivity index (χ0n) is 11.8. The van der Waals surface area contributed by atoms with Crippen molar-refractivity contribution in [3.8, 4) is 11.3 Å². The van der Waals surface area contributed by atoms with Crippen LogP contribution in [0.15, 0.2) is 36.5 Å². The van der Waals surface area contributed by atoms with E-state index in [4.69, 9.17) is 12.2 Å². The highest BCUT2D eigenvalue weighted by Crippen LogP contribution is 2.24. The maximum atomic E-state index is 11.9. The normalized spacial score (nSPS) is 12.6. The zero-order chi connectivity index (χ0) is 15.0. The number of hydrogen-bond acceptors (Lipinski definition) is 3. The van der Waals surface area contributed by atoms with Crippen molar-refractivity contribution in [3.63, 3.8) is 0 Å². The summed E-state index contributed by atoms with van der Waals surface area (Å²) in [5.41, 5.74) is 1.90. The van der Waals surface area contributed by atoms with Crippen LogP contribution in [0.3, 0.4) is 0 Å². The van der Waals surface area contributed by atoms with Gasteiger partial charge in [0.2, 0.25) is 0 Å². The molecule has 6 heteroatoms. The van der Waals surface area contributed by atoms with E-state index in [-0.39, 0.29) is 0 Å². The number of sulfone groups is 1. The molecule has 1 aromatic heterocycles. The van der Waals surface area contributed by atoms with Crippen LogP contribution in [0, 0.1) is 4.77 Å². The van der Waals surface area contributed by atoms with E-state index >= 15 is 0 Å². The number of nitrogens with zero attached hydrogens (tertiary/aromatic N) is 1. The number of H-pyrrole nitrogens is 1. The van der Waals surface area contributed by atoms with Crippen LogP contribution >= 0.6 is 12.2 Å². The van der Waals surface area contributed by atoms with Crippen LogP contribution in [0.25, 0.3) is 11.3 Å². The lowest BCUT2D eigenvalue weighted by Gasteiger charge is -2.24. The largest absolute Gasteiger partial charge is 0.337 e. The van der Waals surface area contributed by atoms with E-state index < -0.39 is 14.6 Å². The summed E-state index contributed by atoms with van der Waals surface area (Å²) < 4.78 is 25.3. The third kappa shape index (κ3) is 2.86. The van der Waals surface area contributed by atoms with Gasteiger partial charge in [-0.25, -0.2) is 8.42 Å². The Morgan fingerprint density at radius 1 is 1.25 bits per heavy atom. The Labute approximate surface area is 124 Å². The first kappa shape index (κ1) is 15.0. The van der Waals surface area contributed by atoms with E-state index in [0.29, 0.717) is 11.3 Å². The van der Waals surface area contributed by atoms with Crippen LogP contribution in [0.4, 0.5) is 0 Å². The Kier molecular flexibility index (Phi) is 3.88. The molecule has 0 unspecified atom stereocenters. The highest BCUT2D eigenvalue weighted by molar-refractivity contribution is 7.92. The molecule has 0 bridgehead atoms. The molecule has 4 nitrogen and oxygen atoms in total. The van der Waals surface area contributed by atoms with Gasteiger partial charge in [-0.15, -0.1) is 0 Å². The Hall–Kier alpha value is -1.40. The minimum absolute atomic E-state index is 0.318. The predicted molar refractivity (Wildman–Crippen MR) is 84.0 cm³/mol. The molecular weight excluding hydrogens is 292 g/mol. The molecule has 0 atom stereocenters. The average Bonchev–Trinajstić information content (AvgIpc) is 2.70. The first-order chi connectivity index (χ1) is 9.22. The molecule has 20 heavy (non-hydrogen) atoms. The lowest BCUT2D eigenvalue weighted by Crippen LogP contribution is -2.36. The minimum atomic E-state index is -3.18. The monoisotopic (exact) mass is 310 g/mol. The summed E-state index contributed by atoms with van der Waals surface area (Å²) >= 11 is 5.28. The molecule has 0 fully saturated rings. The smallest absolute Gasteiger partial charge is 0.177 e. The topological polar surface area (TPSA) is 54.9 Å². The fourth-order valence-electron chi connectivity index (χ4n) is 1.90. The molecule has 1 aromatic carbocycles. The summed E-state index contributed by atoms with van der Waals surface area (Å²) in [5.74, 6) is 0. The van der Waals surface area contributed by atoms with Crippen molar-refractivity contribution in [1.82, 2.24) is 9.55 Å². The van der Waals surface area contributed by atoms with Crippen molar-refractivity contribution in [2.24, 2.45) is 0 Å². The number of rotatable bonds is 4. The summed E-state index contributed by atoms with van der Waals surface area (Å²) in [6.45, 7) is 3.75. The third-order valence-corrected chi connectivity index (χ3v) is 5.96. The number of aromatic nitrogens is 2. The third-order valence-electron chi connectivity index (χ3n) is 3.48. The van der Waals surface area contributed by atoms with Gasteiger partial charge >= 0.3 is 0 Å². The SMILES string of the molecule is CC(C)(Cn1c(-c2ccccc2)c[nH]c1=S)S(C)(=O)=O. The second-order valence-corrected chi connectivity index (χ2v) is 8.50. The van der Waals surface area contributed by atoms with Crippen molar-refractivity contribution < 1.29 is 8.42 Å². The van der Waals surface area contributed by atoms with Gasteiger partial charge in [-0.3, -0.25) is 0 Å². The molecule has 1 heterocycles. The predicted octanol–water partition coefficient (Wildman–Crippen LogP) is 3.04. The molecule has 0 amide bonds. The number of imidazole rings is 1. The number of benzene rings is 1. The molecule has 2 rings (SSSR count). The van der Waals surface area contributed by atoms with Crippen molar-refractivity contribution >= 4 is 22.1 Å². The average molecular weight is 310 g/mol. The number of aromatic amines is 1. The summed E-state index contributed by atoms with van der Waals surface area (Å²) in [4.78, 5) is 2.99. The first-order valence-electron chi connectivity index (χ1n) is 6.25. The lowest BCUT2D eigenvalue weighted by atomic mass is 10.1. The zero-order valence-corrected chi connectivity index (χ0v) is 13.4. The van der Waals surface area contributed by atoms with Gasteiger partial charge in [0.15, 0.2) is 14.6 Å². The van der Waals surface area contributed by atoms with Gasteiger partial charge in [0.25, 0.3) is 0 Å². The Morgan fingerprint density at radius 2 is 1.85 bits per heavy atom. The van der Waals surface area contributed by atoms with Crippen LogP contribution in [-0.2, 0) is 16.4 Å². The minimum Gasteiger partial charge on any atom is -0.337 e. The molecule has 0 aliphatic rings. The maximum Gasteiger partial charge on any atom is 0.177 e. The fraction of sp³-hybridized carbons (Fsp3) is 0.357. The van der Waals surface area contributed by atoms with Crippen LogP contribution in [0.5, 0.6) is 0 Å². The molecule has 108 valence electrons. The molecule has 1 N–H and O–H groups in total. The molecule has 0 spiro atoms. The Morgan fingerprint density at radius 3 is 2.40 bits per heavy atom. The van der Waals surface area contributed by atoms with Crippen LogP contribution in [0.1, 0.15) is 13.8 Å². The number of nitrogens with one attached hydrogen (secondary N) is 1. The van der Waals surface area contributed by atoms with E-state index in [1.807, 2.05) is 41.1 Å². The fourth-order valence-corrected chi connectivity index (χ4v) is 2.48. The van der Waals surface area contributed by atoms with Crippen LogP contribution < -0.4 is 0 Å². The van der Waals surface area contributed by atoms with Gasteiger partial charge in [-0.2, -0.15) is 0 Å². The van der Waals surface area contributed by atoms with Crippen molar-refractivity contribution in [3.05, 3.63) is 41.3 Å². The Balaban J connectivity index is 2.50. The molecule has 0 saturated heterocycles. The van der Waals surface area contributed by atoms with Crippen molar-refractivity contribution in [2.75, 3.05) is 6.26 Å². The van der Waals surface area contributed by atoms with Gasteiger partial charge in [0.05, 0.1) is 10.4 Å². The van der Waals surface area contributed by atoms with E-state index in [0.717, 1.165) is 11.3 Å². The Bertz CT molecular complexity index is 756. The molecule has 0 aliphatic heterocycles. The maximum absolute atomic E-state index is 11.9. The molecule has 0 aliphatic carbocycles. The van der Waals surface area contributed by atoms with Crippen molar-refractivity contribution in [1.29, 1.82) is 0 Å². The van der Waals surface area contributed by atoms with Gasteiger partial charge in [0, 0.05) is 19.0 Å². The van der Waals surface area contributed by atoms with E-state index in [1.165, 1.54) is 6.26 Å².